The van der Waals surface area contributed by atoms with Crippen molar-refractivity contribution >= 4 is 0 Å². The number of hydrogen-bond acceptors (Lipinski definition) is 1. The minimum atomic E-state index is -0.576. The molecule has 0 fully saturated rings. The van der Waals surface area contributed by atoms with Crippen molar-refractivity contribution in [3.8, 4) is 0 Å². The Morgan fingerprint density at radius 1 is 1.33 bits per heavy atom. The van der Waals surface area contributed by atoms with E-state index >= 15 is 0 Å². The highest BCUT2D eigenvalue weighted by molar-refractivity contribution is 5.17. The molecule has 1 aliphatic rings. The molecule has 1 N–H and O–H groups in total. The van der Waals surface area contributed by atoms with E-state index in [1.807, 2.05) is 19.1 Å². The lowest BCUT2D eigenvalue weighted by Gasteiger charge is -2.27. The maximum absolute atomic E-state index is 9.77. The Labute approximate surface area is 91.4 Å². The predicted molar refractivity (Wildman–Crippen MR) is 62.6 cm³/mol. The molecule has 2 unspecified atom stereocenters. The van der Waals surface area contributed by atoms with Crippen LogP contribution in [0.15, 0.2) is 42.5 Å². The molecule has 0 heterocycles. The summed E-state index contributed by atoms with van der Waals surface area (Å²) in [6.45, 7) is 1.88. The van der Waals surface area contributed by atoms with E-state index in [2.05, 4.69) is 30.3 Å². The van der Waals surface area contributed by atoms with E-state index in [1.54, 1.807) is 0 Å². The van der Waals surface area contributed by atoms with Gasteiger partial charge in [-0.05, 0) is 37.7 Å². The van der Waals surface area contributed by atoms with Crippen molar-refractivity contribution in [3.05, 3.63) is 48.0 Å². The quantitative estimate of drug-likeness (QED) is 0.731. The molecule has 2 atom stereocenters. The molecular weight excluding hydrogens is 184 g/mol. The summed E-state index contributed by atoms with van der Waals surface area (Å²) in [6.07, 6.45) is 7.16. The molecule has 0 bridgehead atoms. The van der Waals surface area contributed by atoms with Crippen molar-refractivity contribution < 1.29 is 5.11 Å². The minimum absolute atomic E-state index is 0.576. The number of hydrogen-bond donors (Lipinski definition) is 1. The summed E-state index contributed by atoms with van der Waals surface area (Å²) < 4.78 is 0. The van der Waals surface area contributed by atoms with Crippen LogP contribution in [-0.4, -0.2) is 10.7 Å². The van der Waals surface area contributed by atoms with Crippen molar-refractivity contribution in [2.75, 3.05) is 0 Å². The topological polar surface area (TPSA) is 20.2 Å². The van der Waals surface area contributed by atoms with Crippen LogP contribution in [0.25, 0.3) is 0 Å². The van der Waals surface area contributed by atoms with Crippen LogP contribution in [0.3, 0.4) is 0 Å². The third-order valence-electron chi connectivity index (χ3n) is 3.09. The highest BCUT2D eigenvalue weighted by atomic mass is 16.3. The standard InChI is InChI=1S/C14H18O/c1-14(15)9-7-13(8-10-14)11-12-5-3-2-4-6-12/h2-7,9,13,15H,8,10-11H2,1H3. The van der Waals surface area contributed by atoms with E-state index in [9.17, 15) is 5.11 Å². The first-order chi connectivity index (χ1) is 7.16. The Bertz CT molecular complexity index is 338. The van der Waals surface area contributed by atoms with Gasteiger partial charge in [-0.3, -0.25) is 0 Å². The Morgan fingerprint density at radius 2 is 2.07 bits per heavy atom. The van der Waals surface area contributed by atoms with E-state index in [-0.39, 0.29) is 0 Å². The van der Waals surface area contributed by atoms with Crippen LogP contribution in [0.1, 0.15) is 25.3 Å². The first kappa shape index (κ1) is 10.4. The zero-order chi connectivity index (χ0) is 10.7. The number of aliphatic hydroxyl groups is 1. The molecule has 1 nitrogen and oxygen atoms in total. The summed E-state index contributed by atoms with van der Waals surface area (Å²) in [6, 6.07) is 10.5. The molecule has 0 spiro atoms. The summed E-state index contributed by atoms with van der Waals surface area (Å²) in [7, 11) is 0. The maximum Gasteiger partial charge on any atom is 0.0800 e. The van der Waals surface area contributed by atoms with Crippen molar-refractivity contribution in [3.63, 3.8) is 0 Å². The summed E-state index contributed by atoms with van der Waals surface area (Å²) in [5.41, 5.74) is 0.807. The van der Waals surface area contributed by atoms with Crippen LogP contribution in [0, 0.1) is 5.92 Å². The molecule has 1 aromatic carbocycles. The molecule has 0 amide bonds. The Hall–Kier alpha value is -1.08. The zero-order valence-corrected chi connectivity index (χ0v) is 9.19. The lowest BCUT2D eigenvalue weighted by atomic mass is 9.83. The molecule has 1 aromatic rings. The van der Waals surface area contributed by atoms with Gasteiger partial charge in [-0.2, -0.15) is 0 Å². The second kappa shape index (κ2) is 4.19. The molecule has 0 aromatic heterocycles. The fourth-order valence-corrected chi connectivity index (χ4v) is 2.09. The Morgan fingerprint density at radius 3 is 2.67 bits per heavy atom. The molecule has 0 saturated heterocycles. The van der Waals surface area contributed by atoms with Gasteiger partial charge in [0.25, 0.3) is 0 Å². The number of rotatable bonds is 2. The first-order valence-electron chi connectivity index (χ1n) is 5.61. The van der Waals surface area contributed by atoms with Gasteiger partial charge < -0.3 is 5.11 Å². The molecule has 80 valence electrons. The van der Waals surface area contributed by atoms with Crippen LogP contribution in [0.5, 0.6) is 0 Å². The lowest BCUT2D eigenvalue weighted by Crippen LogP contribution is -2.26. The van der Waals surface area contributed by atoms with Crippen molar-refractivity contribution in [2.24, 2.45) is 5.92 Å². The van der Waals surface area contributed by atoms with Crippen molar-refractivity contribution in [1.82, 2.24) is 0 Å². The van der Waals surface area contributed by atoms with Crippen LogP contribution in [-0.2, 0) is 6.42 Å². The smallest absolute Gasteiger partial charge is 0.0800 e. The summed E-state index contributed by atoms with van der Waals surface area (Å²) in [5, 5.41) is 9.77. The van der Waals surface area contributed by atoms with Gasteiger partial charge in [0.05, 0.1) is 5.60 Å². The first-order valence-corrected chi connectivity index (χ1v) is 5.61. The molecular formula is C14H18O. The average molecular weight is 202 g/mol. The van der Waals surface area contributed by atoms with Gasteiger partial charge in [0.15, 0.2) is 0 Å². The summed E-state index contributed by atoms with van der Waals surface area (Å²) in [4.78, 5) is 0. The van der Waals surface area contributed by atoms with Crippen LogP contribution < -0.4 is 0 Å². The van der Waals surface area contributed by atoms with Gasteiger partial charge in [0, 0.05) is 0 Å². The Balaban J connectivity index is 1.98. The third kappa shape index (κ3) is 2.93. The van der Waals surface area contributed by atoms with E-state index in [4.69, 9.17) is 0 Å². The van der Waals surface area contributed by atoms with Gasteiger partial charge in [-0.15, -0.1) is 0 Å². The van der Waals surface area contributed by atoms with E-state index in [1.165, 1.54) is 5.56 Å². The summed E-state index contributed by atoms with van der Waals surface area (Å²) >= 11 is 0. The molecule has 2 rings (SSSR count). The fourth-order valence-electron chi connectivity index (χ4n) is 2.09. The molecule has 15 heavy (non-hydrogen) atoms. The minimum Gasteiger partial charge on any atom is -0.386 e. The molecule has 0 saturated carbocycles. The van der Waals surface area contributed by atoms with E-state index in [0.29, 0.717) is 5.92 Å². The lowest BCUT2D eigenvalue weighted by molar-refractivity contribution is 0.0881. The van der Waals surface area contributed by atoms with E-state index < -0.39 is 5.60 Å². The van der Waals surface area contributed by atoms with Gasteiger partial charge >= 0.3 is 0 Å². The SMILES string of the molecule is CC1(O)C=CC(Cc2ccccc2)CC1. The maximum atomic E-state index is 9.77. The van der Waals surface area contributed by atoms with E-state index in [0.717, 1.165) is 19.3 Å². The normalized spacial score (nSPS) is 30.4. The number of allylic oxidation sites excluding steroid dienone is 1. The van der Waals surface area contributed by atoms with Gasteiger partial charge in [-0.1, -0.05) is 42.5 Å². The predicted octanol–water partition coefficient (Wildman–Crippen LogP) is 2.95. The van der Waals surface area contributed by atoms with Crippen LogP contribution in [0.2, 0.25) is 0 Å². The van der Waals surface area contributed by atoms with Crippen molar-refractivity contribution in [2.45, 2.75) is 31.8 Å². The summed E-state index contributed by atoms with van der Waals surface area (Å²) in [5.74, 6) is 0.590. The average Bonchev–Trinajstić information content (AvgIpc) is 2.23. The highest BCUT2D eigenvalue weighted by Crippen LogP contribution is 2.27. The molecule has 1 aliphatic carbocycles. The van der Waals surface area contributed by atoms with Crippen LogP contribution in [0.4, 0.5) is 0 Å². The second-order valence-electron chi connectivity index (χ2n) is 4.70. The van der Waals surface area contributed by atoms with Gasteiger partial charge in [-0.25, -0.2) is 0 Å². The highest BCUT2D eigenvalue weighted by Gasteiger charge is 2.23. The monoisotopic (exact) mass is 202 g/mol. The Kier molecular flexibility index (Phi) is 2.92. The van der Waals surface area contributed by atoms with Gasteiger partial charge in [0.2, 0.25) is 0 Å². The number of benzene rings is 1. The molecule has 0 radical (unpaired) electrons. The molecule has 0 aliphatic heterocycles. The fraction of sp³-hybridized carbons (Fsp3) is 0.429. The molecule has 1 heteroatoms. The second-order valence-corrected chi connectivity index (χ2v) is 4.70. The zero-order valence-electron chi connectivity index (χ0n) is 9.19. The third-order valence-corrected chi connectivity index (χ3v) is 3.09. The van der Waals surface area contributed by atoms with Gasteiger partial charge in [0.1, 0.15) is 0 Å². The van der Waals surface area contributed by atoms with Crippen LogP contribution >= 0.6 is 0 Å². The largest absolute Gasteiger partial charge is 0.386 e. The van der Waals surface area contributed by atoms with Crippen molar-refractivity contribution in [1.29, 1.82) is 0 Å².